The van der Waals surface area contributed by atoms with E-state index < -0.39 is 12.6 Å². The Kier molecular flexibility index (Phi) is 6.86. The van der Waals surface area contributed by atoms with Gasteiger partial charge in [0, 0.05) is 0 Å². The fourth-order valence-corrected chi connectivity index (χ4v) is 4.05. The van der Waals surface area contributed by atoms with Crippen molar-refractivity contribution in [2.75, 3.05) is 6.61 Å². The first kappa shape index (κ1) is 21.0. The summed E-state index contributed by atoms with van der Waals surface area (Å²) in [6.07, 6.45) is 1.71. The zero-order valence-corrected chi connectivity index (χ0v) is 18.4. The molecular weight excluding hydrogens is 538 g/mol. The summed E-state index contributed by atoms with van der Waals surface area (Å²) in [6, 6.07) is 10.3. The number of carboxylic acids is 1. The average molecular weight is 549 g/mol. The van der Waals surface area contributed by atoms with E-state index in [0.29, 0.717) is 31.6 Å². The van der Waals surface area contributed by atoms with Crippen molar-refractivity contribution in [3.05, 3.63) is 60.5 Å². The summed E-state index contributed by atoms with van der Waals surface area (Å²) in [5.41, 5.74) is 1.24. The summed E-state index contributed by atoms with van der Waals surface area (Å²) in [4.78, 5) is 27.6. The van der Waals surface area contributed by atoms with Gasteiger partial charge < -0.3 is 15.2 Å². The number of carbonyl (C=O) groups excluding carboxylic acids is 1. The summed E-state index contributed by atoms with van der Waals surface area (Å²) >= 11 is 15.3. The minimum atomic E-state index is -1.05. The van der Waals surface area contributed by atoms with Crippen LogP contribution >= 0.6 is 57.6 Å². The molecule has 0 atom stereocenters. The number of benzene rings is 2. The van der Waals surface area contributed by atoms with Crippen LogP contribution in [0.3, 0.4) is 0 Å². The number of nitrogens with one attached hydrogen (secondary N) is 1. The van der Waals surface area contributed by atoms with Crippen LogP contribution in [0.5, 0.6) is 5.75 Å². The van der Waals surface area contributed by atoms with E-state index >= 15 is 0 Å². The summed E-state index contributed by atoms with van der Waals surface area (Å²) in [5.74, 6) is -0.859. The van der Waals surface area contributed by atoms with E-state index in [4.69, 9.17) is 33.0 Å². The number of carbonyl (C=O) groups is 2. The molecule has 0 aliphatic carbocycles. The molecule has 2 aromatic carbocycles. The van der Waals surface area contributed by atoms with Crippen LogP contribution in [0.25, 0.3) is 6.08 Å². The highest BCUT2D eigenvalue weighted by atomic mass is 127. The highest BCUT2D eigenvalue weighted by Gasteiger charge is 2.24. The molecule has 0 aromatic heterocycles. The third kappa shape index (κ3) is 5.19. The van der Waals surface area contributed by atoms with Crippen molar-refractivity contribution in [1.82, 2.24) is 5.32 Å². The van der Waals surface area contributed by atoms with Crippen LogP contribution in [0.1, 0.15) is 5.56 Å². The number of nitrogens with zero attached hydrogens (tertiary/aromatic N) is 1. The van der Waals surface area contributed by atoms with Crippen molar-refractivity contribution >= 4 is 86.4 Å². The quantitative estimate of drug-likeness (QED) is 0.407. The lowest BCUT2D eigenvalue weighted by atomic mass is 10.2. The van der Waals surface area contributed by atoms with E-state index in [1.165, 1.54) is 11.8 Å². The summed E-state index contributed by atoms with van der Waals surface area (Å²) in [5, 5.41) is 12.5. The largest absolute Gasteiger partial charge is 0.481 e. The Labute approximate surface area is 188 Å². The molecule has 10 heteroatoms. The van der Waals surface area contributed by atoms with Gasteiger partial charge in [-0.05, 0) is 70.3 Å². The molecule has 1 saturated heterocycles. The third-order valence-corrected chi connectivity index (χ3v) is 5.97. The van der Waals surface area contributed by atoms with Crippen molar-refractivity contribution in [1.29, 1.82) is 0 Å². The van der Waals surface area contributed by atoms with E-state index in [9.17, 15) is 9.59 Å². The van der Waals surface area contributed by atoms with E-state index in [1.807, 2.05) is 22.6 Å². The molecule has 2 aromatic rings. The van der Waals surface area contributed by atoms with Gasteiger partial charge in [-0.3, -0.25) is 4.79 Å². The molecule has 2 N–H and O–H groups in total. The van der Waals surface area contributed by atoms with Gasteiger partial charge in [0.25, 0.3) is 5.91 Å². The topological polar surface area (TPSA) is 88.0 Å². The van der Waals surface area contributed by atoms with E-state index in [-0.39, 0.29) is 5.91 Å². The predicted molar refractivity (Wildman–Crippen MR) is 120 cm³/mol. The molecule has 0 radical (unpaired) electrons. The Morgan fingerprint density at radius 1 is 1.32 bits per heavy atom. The number of aliphatic carboxylic acids is 1. The average Bonchev–Trinajstić information content (AvgIpc) is 2.97. The zero-order chi connectivity index (χ0) is 20.3. The van der Waals surface area contributed by atoms with Gasteiger partial charge in [0.1, 0.15) is 5.75 Å². The van der Waals surface area contributed by atoms with E-state index in [2.05, 4.69) is 10.3 Å². The van der Waals surface area contributed by atoms with Crippen LogP contribution in [0, 0.1) is 3.57 Å². The van der Waals surface area contributed by atoms with Gasteiger partial charge in [-0.25, -0.2) is 9.79 Å². The fraction of sp³-hybridized carbons (Fsp3) is 0.0556. The van der Waals surface area contributed by atoms with Crippen molar-refractivity contribution in [2.24, 2.45) is 4.99 Å². The molecule has 1 aliphatic rings. The maximum Gasteiger partial charge on any atom is 0.341 e. The van der Waals surface area contributed by atoms with Crippen LogP contribution in [0.2, 0.25) is 10.0 Å². The number of ether oxygens (including phenoxy) is 1. The number of aliphatic imine (C=N–C) groups is 1. The second-order valence-electron chi connectivity index (χ2n) is 5.43. The number of carboxylic acid groups (broad SMARTS) is 1. The van der Waals surface area contributed by atoms with Crippen molar-refractivity contribution in [3.63, 3.8) is 0 Å². The first-order valence-corrected chi connectivity index (χ1v) is 10.4. The summed E-state index contributed by atoms with van der Waals surface area (Å²) in [6.45, 7) is -0.416. The second kappa shape index (κ2) is 9.17. The standard InChI is InChI=1S/C18H11Cl2IN2O4S/c19-10-2-1-3-12(16(10)20)22-18-23-17(26)14(28-18)7-9-4-5-13(11(21)6-9)27-8-15(24)25/h1-7H,8H2,(H,24,25)(H,22,23,26)/b14-7+. The maximum atomic E-state index is 12.2. The van der Waals surface area contributed by atoms with Crippen LogP contribution in [0.15, 0.2) is 46.3 Å². The molecule has 0 saturated carbocycles. The minimum Gasteiger partial charge on any atom is -0.481 e. The third-order valence-electron chi connectivity index (χ3n) is 3.41. The smallest absolute Gasteiger partial charge is 0.341 e. The minimum absolute atomic E-state index is 0.275. The van der Waals surface area contributed by atoms with Gasteiger partial charge in [0.15, 0.2) is 11.8 Å². The van der Waals surface area contributed by atoms with Crippen LogP contribution in [-0.2, 0) is 9.59 Å². The van der Waals surface area contributed by atoms with Crippen LogP contribution in [0.4, 0.5) is 5.69 Å². The predicted octanol–water partition coefficient (Wildman–Crippen LogP) is 4.95. The first-order valence-electron chi connectivity index (χ1n) is 7.71. The zero-order valence-electron chi connectivity index (χ0n) is 13.9. The number of amides is 1. The molecule has 0 spiro atoms. The number of thioether (sulfide) groups is 1. The van der Waals surface area contributed by atoms with E-state index in [0.717, 1.165) is 9.13 Å². The molecule has 1 aliphatic heterocycles. The molecule has 1 amide bonds. The van der Waals surface area contributed by atoms with Crippen LogP contribution < -0.4 is 10.1 Å². The maximum absolute atomic E-state index is 12.2. The van der Waals surface area contributed by atoms with Crippen molar-refractivity contribution in [2.45, 2.75) is 0 Å². The molecule has 0 bridgehead atoms. The molecule has 1 heterocycles. The Bertz CT molecular complexity index is 1030. The Morgan fingerprint density at radius 2 is 2.11 bits per heavy atom. The number of halogens is 3. The molecule has 6 nitrogen and oxygen atoms in total. The molecule has 0 unspecified atom stereocenters. The number of amidine groups is 1. The number of hydrogen-bond acceptors (Lipinski definition) is 5. The van der Waals surface area contributed by atoms with Crippen molar-refractivity contribution < 1.29 is 19.4 Å². The molecule has 3 rings (SSSR count). The fourth-order valence-electron chi connectivity index (χ4n) is 2.18. The Morgan fingerprint density at radius 3 is 2.82 bits per heavy atom. The lowest BCUT2D eigenvalue weighted by molar-refractivity contribution is -0.139. The van der Waals surface area contributed by atoms with Crippen molar-refractivity contribution in [3.8, 4) is 5.75 Å². The van der Waals surface area contributed by atoms with Gasteiger partial charge in [-0.2, -0.15) is 0 Å². The number of rotatable bonds is 5. The Balaban J connectivity index is 1.79. The monoisotopic (exact) mass is 548 g/mol. The first-order chi connectivity index (χ1) is 13.3. The molecule has 28 heavy (non-hydrogen) atoms. The molecule has 1 fully saturated rings. The normalized spacial score (nSPS) is 16.5. The summed E-state index contributed by atoms with van der Waals surface area (Å²) < 4.78 is 5.93. The van der Waals surface area contributed by atoms with Gasteiger partial charge in [-0.15, -0.1) is 0 Å². The van der Waals surface area contributed by atoms with Gasteiger partial charge in [0.05, 0.1) is 24.2 Å². The SMILES string of the molecule is O=C(O)COc1ccc(/C=C2/SC(=Nc3cccc(Cl)c3Cl)NC2=O)cc1I. The van der Waals surface area contributed by atoms with Gasteiger partial charge in [0.2, 0.25) is 0 Å². The second-order valence-corrected chi connectivity index (χ2v) is 8.40. The van der Waals surface area contributed by atoms with Gasteiger partial charge in [-0.1, -0.05) is 35.3 Å². The highest BCUT2D eigenvalue weighted by Crippen LogP contribution is 2.34. The van der Waals surface area contributed by atoms with Gasteiger partial charge >= 0.3 is 5.97 Å². The number of hydrogen-bond donors (Lipinski definition) is 2. The van der Waals surface area contributed by atoms with Crippen LogP contribution in [-0.4, -0.2) is 28.8 Å². The lowest BCUT2D eigenvalue weighted by Crippen LogP contribution is -2.19. The highest BCUT2D eigenvalue weighted by molar-refractivity contribution is 14.1. The summed E-state index contributed by atoms with van der Waals surface area (Å²) in [7, 11) is 0. The molecule has 144 valence electrons. The Hall–Kier alpha value is -1.75. The molecular formula is C18H11Cl2IN2O4S. The lowest BCUT2D eigenvalue weighted by Gasteiger charge is -2.06. The van der Waals surface area contributed by atoms with E-state index in [1.54, 1.807) is 42.5 Å².